The number of hydrogen-bond donors (Lipinski definition) is 1. The second-order valence-corrected chi connectivity index (χ2v) is 6.89. The van der Waals surface area contributed by atoms with Gasteiger partial charge in [-0.15, -0.1) is 0 Å². The van der Waals surface area contributed by atoms with E-state index in [4.69, 9.17) is 23.2 Å². The van der Waals surface area contributed by atoms with E-state index < -0.39 is 6.10 Å². The Hall–Kier alpha value is -1.13. The van der Waals surface area contributed by atoms with Crippen molar-refractivity contribution in [1.82, 2.24) is 9.88 Å². The molecule has 1 heterocycles. The number of pyridine rings is 1. The molecular formula is C19H24Cl2N2O. The molecule has 1 atom stereocenters. The number of aryl methyl sites for hydroxylation is 1. The number of aliphatic hydroxyl groups excluding tert-OH is 1. The van der Waals surface area contributed by atoms with E-state index in [-0.39, 0.29) is 0 Å². The third-order valence-electron chi connectivity index (χ3n) is 3.95. The van der Waals surface area contributed by atoms with E-state index in [0.29, 0.717) is 16.6 Å². The highest BCUT2D eigenvalue weighted by molar-refractivity contribution is 6.42. The summed E-state index contributed by atoms with van der Waals surface area (Å²) in [6, 6.07) is 9.61. The summed E-state index contributed by atoms with van der Waals surface area (Å²) in [7, 11) is 0. The predicted molar refractivity (Wildman–Crippen MR) is 101 cm³/mol. The van der Waals surface area contributed by atoms with Gasteiger partial charge in [0.15, 0.2) is 0 Å². The number of aromatic nitrogens is 1. The zero-order valence-electron chi connectivity index (χ0n) is 14.2. The van der Waals surface area contributed by atoms with E-state index in [1.165, 1.54) is 0 Å². The first-order chi connectivity index (χ1) is 11.5. The van der Waals surface area contributed by atoms with E-state index in [1.807, 2.05) is 37.3 Å². The Kier molecular flexibility index (Phi) is 7.50. The molecule has 0 aliphatic heterocycles. The molecule has 0 saturated carbocycles. The van der Waals surface area contributed by atoms with Gasteiger partial charge in [0, 0.05) is 19.3 Å². The highest BCUT2D eigenvalue weighted by Gasteiger charge is 2.14. The van der Waals surface area contributed by atoms with E-state index in [2.05, 4.69) is 16.8 Å². The summed E-state index contributed by atoms with van der Waals surface area (Å²) in [6.07, 6.45) is 3.07. The third kappa shape index (κ3) is 5.75. The van der Waals surface area contributed by atoms with Gasteiger partial charge in [-0.1, -0.05) is 36.2 Å². The maximum absolute atomic E-state index is 10.5. The molecule has 5 heteroatoms. The Morgan fingerprint density at radius 3 is 2.58 bits per heavy atom. The molecule has 2 aromatic rings. The smallest absolute Gasteiger partial charge is 0.109 e. The summed E-state index contributed by atoms with van der Waals surface area (Å²) in [5.41, 5.74) is 2.98. The molecule has 1 N–H and O–H groups in total. The van der Waals surface area contributed by atoms with E-state index in [0.717, 1.165) is 42.8 Å². The maximum atomic E-state index is 10.5. The molecule has 0 saturated heterocycles. The quantitative estimate of drug-likeness (QED) is 0.736. The van der Waals surface area contributed by atoms with Crippen molar-refractivity contribution < 1.29 is 5.11 Å². The van der Waals surface area contributed by atoms with Gasteiger partial charge in [-0.2, -0.15) is 0 Å². The normalized spacial score (nSPS) is 12.6. The number of hydrogen-bond acceptors (Lipinski definition) is 3. The molecule has 2 rings (SSSR count). The van der Waals surface area contributed by atoms with Crippen LogP contribution < -0.4 is 0 Å². The summed E-state index contributed by atoms with van der Waals surface area (Å²) in [5.74, 6) is 0. The Morgan fingerprint density at radius 2 is 1.92 bits per heavy atom. The van der Waals surface area contributed by atoms with Crippen LogP contribution in [0.2, 0.25) is 10.0 Å². The lowest BCUT2D eigenvalue weighted by Crippen LogP contribution is -2.31. The first-order valence-electron chi connectivity index (χ1n) is 8.26. The van der Waals surface area contributed by atoms with Crippen LogP contribution in [0.1, 0.15) is 36.3 Å². The van der Waals surface area contributed by atoms with Crippen LogP contribution in [0.4, 0.5) is 0 Å². The average molecular weight is 367 g/mol. The van der Waals surface area contributed by atoms with E-state index >= 15 is 0 Å². The van der Waals surface area contributed by atoms with Crippen molar-refractivity contribution >= 4 is 23.2 Å². The van der Waals surface area contributed by atoms with Crippen LogP contribution in [0.5, 0.6) is 0 Å². The highest BCUT2D eigenvalue weighted by Crippen LogP contribution is 2.23. The van der Waals surface area contributed by atoms with Gasteiger partial charge in [-0.25, -0.2) is 0 Å². The van der Waals surface area contributed by atoms with Crippen molar-refractivity contribution in [2.75, 3.05) is 19.6 Å². The molecule has 1 aromatic heterocycles. The molecule has 1 aromatic carbocycles. The molecule has 3 nitrogen and oxygen atoms in total. The largest absolute Gasteiger partial charge is 0.385 e. The van der Waals surface area contributed by atoms with Crippen LogP contribution in [-0.4, -0.2) is 34.6 Å². The summed E-state index contributed by atoms with van der Waals surface area (Å²) in [6.45, 7) is 6.51. The standard InChI is InChI=1S/C19H24Cl2N2O/c1-3-9-23(10-7-15-4-5-16(20)17(21)12-15)13-19(24)18-11-14(2)6-8-22-18/h4-6,8,11-12,19,24H,3,7,9-10,13H2,1-2H3. The van der Waals surface area contributed by atoms with Gasteiger partial charge in [0.1, 0.15) is 6.10 Å². The fourth-order valence-corrected chi connectivity index (χ4v) is 2.99. The van der Waals surface area contributed by atoms with Gasteiger partial charge in [0.2, 0.25) is 0 Å². The maximum Gasteiger partial charge on any atom is 0.109 e. The van der Waals surface area contributed by atoms with Gasteiger partial charge in [0.05, 0.1) is 15.7 Å². The molecule has 0 amide bonds. The van der Waals surface area contributed by atoms with Crippen LogP contribution in [0, 0.1) is 6.92 Å². The fraction of sp³-hybridized carbons (Fsp3) is 0.421. The highest BCUT2D eigenvalue weighted by atomic mass is 35.5. The monoisotopic (exact) mass is 366 g/mol. The molecule has 1 unspecified atom stereocenters. The Labute approximate surface area is 154 Å². The van der Waals surface area contributed by atoms with Crippen molar-refractivity contribution in [3.8, 4) is 0 Å². The number of aliphatic hydroxyl groups is 1. The molecule has 0 bridgehead atoms. The van der Waals surface area contributed by atoms with Crippen molar-refractivity contribution in [2.24, 2.45) is 0 Å². The molecule has 0 spiro atoms. The van der Waals surface area contributed by atoms with Crippen molar-refractivity contribution in [2.45, 2.75) is 32.8 Å². The summed E-state index contributed by atoms with van der Waals surface area (Å²) in [5, 5.41) is 11.6. The number of benzene rings is 1. The van der Waals surface area contributed by atoms with Gasteiger partial charge in [0.25, 0.3) is 0 Å². The lowest BCUT2D eigenvalue weighted by atomic mass is 10.1. The van der Waals surface area contributed by atoms with Crippen LogP contribution in [-0.2, 0) is 6.42 Å². The van der Waals surface area contributed by atoms with E-state index in [1.54, 1.807) is 6.20 Å². The lowest BCUT2D eigenvalue weighted by Gasteiger charge is -2.24. The molecule has 24 heavy (non-hydrogen) atoms. The number of nitrogens with zero attached hydrogens (tertiary/aromatic N) is 2. The minimum absolute atomic E-state index is 0.575. The molecule has 0 aliphatic rings. The predicted octanol–water partition coefficient (Wildman–Crippen LogP) is 4.68. The Bertz CT molecular complexity index is 664. The van der Waals surface area contributed by atoms with Crippen molar-refractivity contribution in [3.05, 3.63) is 63.4 Å². The summed E-state index contributed by atoms with van der Waals surface area (Å²) < 4.78 is 0. The molecule has 0 fully saturated rings. The second kappa shape index (κ2) is 9.38. The van der Waals surface area contributed by atoms with Gasteiger partial charge >= 0.3 is 0 Å². The fourth-order valence-electron chi connectivity index (χ4n) is 2.67. The number of rotatable bonds is 8. The first-order valence-corrected chi connectivity index (χ1v) is 9.02. The molecule has 0 radical (unpaired) electrons. The summed E-state index contributed by atoms with van der Waals surface area (Å²) in [4.78, 5) is 6.54. The Balaban J connectivity index is 1.96. The van der Waals surface area contributed by atoms with Crippen LogP contribution in [0.3, 0.4) is 0 Å². The van der Waals surface area contributed by atoms with Crippen LogP contribution in [0.25, 0.3) is 0 Å². The van der Waals surface area contributed by atoms with Gasteiger partial charge < -0.3 is 10.0 Å². The molecule has 0 aliphatic carbocycles. The second-order valence-electron chi connectivity index (χ2n) is 6.07. The lowest BCUT2D eigenvalue weighted by molar-refractivity contribution is 0.110. The van der Waals surface area contributed by atoms with Gasteiger partial charge in [-0.05, 0) is 61.7 Å². The van der Waals surface area contributed by atoms with Gasteiger partial charge in [-0.3, -0.25) is 4.98 Å². The molecular weight excluding hydrogens is 343 g/mol. The average Bonchev–Trinajstić information content (AvgIpc) is 2.56. The van der Waals surface area contributed by atoms with Crippen molar-refractivity contribution in [1.29, 1.82) is 0 Å². The minimum Gasteiger partial charge on any atom is -0.385 e. The number of halogens is 2. The van der Waals surface area contributed by atoms with E-state index in [9.17, 15) is 5.11 Å². The van der Waals surface area contributed by atoms with Crippen molar-refractivity contribution in [3.63, 3.8) is 0 Å². The van der Waals surface area contributed by atoms with Crippen LogP contribution >= 0.6 is 23.2 Å². The summed E-state index contributed by atoms with van der Waals surface area (Å²) >= 11 is 12.0. The third-order valence-corrected chi connectivity index (χ3v) is 4.69. The molecule has 130 valence electrons. The zero-order chi connectivity index (χ0) is 17.5. The SMILES string of the molecule is CCCN(CCc1ccc(Cl)c(Cl)c1)CC(O)c1cc(C)ccn1. The minimum atomic E-state index is -0.578. The topological polar surface area (TPSA) is 36.4 Å². The van der Waals surface area contributed by atoms with Crippen LogP contribution in [0.15, 0.2) is 36.5 Å². The zero-order valence-corrected chi connectivity index (χ0v) is 15.7. The first kappa shape index (κ1) is 19.2. The Morgan fingerprint density at radius 1 is 1.12 bits per heavy atom.